The van der Waals surface area contributed by atoms with Crippen molar-refractivity contribution in [1.82, 2.24) is 4.90 Å². The van der Waals surface area contributed by atoms with E-state index >= 15 is 0 Å². The van der Waals surface area contributed by atoms with Gasteiger partial charge in [0, 0.05) is 19.2 Å². The number of nitrogens with two attached hydrogens (primary N) is 1. The highest BCUT2D eigenvalue weighted by Crippen LogP contribution is 2.13. The number of carbonyl (C=O) groups excluding carboxylic acids is 1. The highest BCUT2D eigenvalue weighted by Gasteiger charge is 2.15. The highest BCUT2D eigenvalue weighted by molar-refractivity contribution is 5.96. The van der Waals surface area contributed by atoms with Crippen LogP contribution in [0.3, 0.4) is 0 Å². The second kappa shape index (κ2) is 7.66. The standard InChI is InChI=1S/C16H21FN2O/c1-12(2)8-10-19(3)16(20)15-7-6-14(17)11-13(15)5-4-9-18/h6-7,11-12H,8-10,18H2,1-3H3. The summed E-state index contributed by atoms with van der Waals surface area (Å²) in [5, 5.41) is 0. The van der Waals surface area contributed by atoms with Gasteiger partial charge in [0.05, 0.1) is 12.1 Å². The summed E-state index contributed by atoms with van der Waals surface area (Å²) in [6.07, 6.45) is 0.924. The zero-order valence-corrected chi connectivity index (χ0v) is 12.2. The van der Waals surface area contributed by atoms with Crippen molar-refractivity contribution in [3.05, 3.63) is 35.1 Å². The van der Waals surface area contributed by atoms with E-state index in [1.54, 1.807) is 11.9 Å². The highest BCUT2D eigenvalue weighted by atomic mass is 19.1. The molecule has 4 heteroatoms. The molecule has 108 valence electrons. The van der Waals surface area contributed by atoms with Crippen LogP contribution in [0.1, 0.15) is 36.2 Å². The molecule has 0 spiro atoms. The summed E-state index contributed by atoms with van der Waals surface area (Å²) < 4.78 is 13.3. The van der Waals surface area contributed by atoms with Crippen molar-refractivity contribution in [3.8, 4) is 11.8 Å². The van der Waals surface area contributed by atoms with Gasteiger partial charge in [0.1, 0.15) is 5.82 Å². The number of amides is 1. The zero-order chi connectivity index (χ0) is 15.1. The van der Waals surface area contributed by atoms with Gasteiger partial charge in [-0.1, -0.05) is 25.7 Å². The first kappa shape index (κ1) is 16.2. The Bertz CT molecular complexity index is 529. The van der Waals surface area contributed by atoms with Gasteiger partial charge in [-0.05, 0) is 30.5 Å². The third-order valence-corrected chi connectivity index (χ3v) is 2.93. The molecule has 1 aromatic carbocycles. The molecular formula is C16H21FN2O. The summed E-state index contributed by atoms with van der Waals surface area (Å²) in [5.41, 5.74) is 6.12. The summed E-state index contributed by atoms with van der Waals surface area (Å²) in [5.74, 6) is 5.38. The number of nitrogens with zero attached hydrogens (tertiary/aromatic N) is 1. The van der Waals surface area contributed by atoms with Crippen LogP contribution in [0.15, 0.2) is 18.2 Å². The summed E-state index contributed by atoms with van der Waals surface area (Å²) in [6.45, 7) is 5.05. The maximum Gasteiger partial charge on any atom is 0.254 e. The lowest BCUT2D eigenvalue weighted by Crippen LogP contribution is -2.29. The molecule has 1 rings (SSSR count). The van der Waals surface area contributed by atoms with Crippen LogP contribution in [0.5, 0.6) is 0 Å². The lowest BCUT2D eigenvalue weighted by Gasteiger charge is -2.19. The second-order valence-electron chi connectivity index (χ2n) is 5.11. The lowest BCUT2D eigenvalue weighted by molar-refractivity contribution is 0.0789. The van der Waals surface area contributed by atoms with Crippen molar-refractivity contribution in [2.75, 3.05) is 20.1 Å². The number of carbonyl (C=O) groups is 1. The molecule has 0 heterocycles. The first-order chi connectivity index (χ1) is 9.45. The second-order valence-corrected chi connectivity index (χ2v) is 5.11. The predicted molar refractivity (Wildman–Crippen MR) is 78.7 cm³/mol. The largest absolute Gasteiger partial charge is 0.342 e. The van der Waals surface area contributed by atoms with Crippen LogP contribution in [0.4, 0.5) is 4.39 Å². The molecule has 0 saturated carbocycles. The maximum absolute atomic E-state index is 13.3. The van der Waals surface area contributed by atoms with E-state index in [0.717, 1.165) is 6.42 Å². The fraction of sp³-hybridized carbons (Fsp3) is 0.438. The lowest BCUT2D eigenvalue weighted by atomic mass is 10.1. The Kier molecular flexibility index (Phi) is 6.20. The summed E-state index contributed by atoms with van der Waals surface area (Å²) in [6, 6.07) is 4.02. The van der Waals surface area contributed by atoms with Crippen LogP contribution in [-0.2, 0) is 0 Å². The van der Waals surface area contributed by atoms with Crippen molar-refractivity contribution >= 4 is 5.91 Å². The number of hydrogen-bond acceptors (Lipinski definition) is 2. The number of benzene rings is 1. The van der Waals surface area contributed by atoms with Crippen molar-refractivity contribution in [1.29, 1.82) is 0 Å². The Labute approximate surface area is 120 Å². The normalized spacial score (nSPS) is 10.1. The topological polar surface area (TPSA) is 46.3 Å². The fourth-order valence-corrected chi connectivity index (χ4v) is 1.71. The first-order valence-corrected chi connectivity index (χ1v) is 6.69. The molecule has 0 aliphatic rings. The quantitative estimate of drug-likeness (QED) is 0.857. The number of hydrogen-bond donors (Lipinski definition) is 1. The van der Waals surface area contributed by atoms with Gasteiger partial charge in [-0.3, -0.25) is 4.79 Å². The Morgan fingerprint density at radius 3 is 2.75 bits per heavy atom. The molecule has 1 aromatic rings. The zero-order valence-electron chi connectivity index (χ0n) is 12.2. The minimum atomic E-state index is -0.410. The Hall–Kier alpha value is -1.86. The van der Waals surface area contributed by atoms with E-state index in [9.17, 15) is 9.18 Å². The molecule has 20 heavy (non-hydrogen) atoms. The number of halogens is 1. The SMILES string of the molecule is CC(C)CCN(C)C(=O)c1ccc(F)cc1C#CCN. The van der Waals surface area contributed by atoms with Crippen LogP contribution in [0.2, 0.25) is 0 Å². The molecule has 1 amide bonds. The summed E-state index contributed by atoms with van der Waals surface area (Å²) >= 11 is 0. The smallest absolute Gasteiger partial charge is 0.254 e. The van der Waals surface area contributed by atoms with Crippen LogP contribution in [0, 0.1) is 23.6 Å². The van der Waals surface area contributed by atoms with E-state index in [2.05, 4.69) is 25.7 Å². The van der Waals surface area contributed by atoms with Gasteiger partial charge in [0.25, 0.3) is 5.91 Å². The Morgan fingerprint density at radius 2 is 2.15 bits per heavy atom. The van der Waals surface area contributed by atoms with Gasteiger partial charge in [0.15, 0.2) is 0 Å². The third-order valence-electron chi connectivity index (χ3n) is 2.93. The van der Waals surface area contributed by atoms with E-state index in [4.69, 9.17) is 5.73 Å². The molecule has 0 aliphatic carbocycles. The van der Waals surface area contributed by atoms with Crippen LogP contribution in [0.25, 0.3) is 0 Å². The monoisotopic (exact) mass is 276 g/mol. The predicted octanol–water partition coefficient (Wildman–Crippen LogP) is 2.25. The van der Waals surface area contributed by atoms with Crippen LogP contribution in [-0.4, -0.2) is 30.9 Å². The van der Waals surface area contributed by atoms with Gasteiger partial charge in [-0.2, -0.15) is 0 Å². The molecular weight excluding hydrogens is 255 g/mol. The van der Waals surface area contributed by atoms with E-state index in [1.165, 1.54) is 18.2 Å². The number of rotatable bonds is 4. The summed E-state index contributed by atoms with van der Waals surface area (Å²) in [7, 11) is 1.74. The van der Waals surface area contributed by atoms with Crippen molar-refractivity contribution in [2.24, 2.45) is 11.7 Å². The van der Waals surface area contributed by atoms with Crippen molar-refractivity contribution in [2.45, 2.75) is 20.3 Å². The van der Waals surface area contributed by atoms with E-state index in [-0.39, 0.29) is 12.5 Å². The van der Waals surface area contributed by atoms with E-state index in [0.29, 0.717) is 23.6 Å². The summed E-state index contributed by atoms with van der Waals surface area (Å²) in [4.78, 5) is 14.0. The van der Waals surface area contributed by atoms with Crippen molar-refractivity contribution in [3.63, 3.8) is 0 Å². The Balaban J connectivity index is 2.97. The molecule has 0 aromatic heterocycles. The van der Waals surface area contributed by atoms with Gasteiger partial charge in [-0.15, -0.1) is 0 Å². The molecule has 0 bridgehead atoms. The van der Waals surface area contributed by atoms with Gasteiger partial charge >= 0.3 is 0 Å². The molecule has 3 nitrogen and oxygen atoms in total. The Morgan fingerprint density at radius 1 is 1.45 bits per heavy atom. The third kappa shape index (κ3) is 4.67. The minimum absolute atomic E-state index is 0.146. The van der Waals surface area contributed by atoms with Crippen molar-refractivity contribution < 1.29 is 9.18 Å². The van der Waals surface area contributed by atoms with Gasteiger partial charge < -0.3 is 10.6 Å². The minimum Gasteiger partial charge on any atom is -0.342 e. The molecule has 0 aliphatic heterocycles. The molecule has 0 unspecified atom stereocenters. The average Bonchev–Trinajstić information content (AvgIpc) is 2.41. The van der Waals surface area contributed by atoms with Gasteiger partial charge in [-0.25, -0.2) is 4.39 Å². The average molecular weight is 276 g/mol. The van der Waals surface area contributed by atoms with Crippen LogP contribution < -0.4 is 5.73 Å². The first-order valence-electron chi connectivity index (χ1n) is 6.69. The van der Waals surface area contributed by atoms with Gasteiger partial charge in [0.2, 0.25) is 0 Å². The van der Waals surface area contributed by atoms with E-state index in [1.807, 2.05) is 0 Å². The molecule has 0 saturated heterocycles. The van der Waals surface area contributed by atoms with E-state index < -0.39 is 5.82 Å². The fourth-order valence-electron chi connectivity index (χ4n) is 1.71. The molecule has 2 N–H and O–H groups in total. The van der Waals surface area contributed by atoms with Crippen LogP contribution >= 0.6 is 0 Å². The molecule has 0 fully saturated rings. The molecule has 0 atom stereocenters. The molecule has 0 radical (unpaired) electrons. The maximum atomic E-state index is 13.3.